The van der Waals surface area contributed by atoms with Gasteiger partial charge in [-0.25, -0.2) is 17.5 Å². The van der Waals surface area contributed by atoms with E-state index in [0.717, 1.165) is 57.8 Å². The van der Waals surface area contributed by atoms with E-state index in [2.05, 4.69) is 0 Å². The number of nitrogens with zero attached hydrogens (tertiary/aromatic N) is 3. The molecule has 4 aliphatic rings. The third-order valence-electron chi connectivity index (χ3n) is 9.25. The second-order valence-electron chi connectivity index (χ2n) is 11.6. The second kappa shape index (κ2) is 11.0. The van der Waals surface area contributed by atoms with Gasteiger partial charge in [-0.05, 0) is 89.4 Å². The van der Waals surface area contributed by atoms with Crippen LogP contribution < -0.4 is 0 Å². The van der Waals surface area contributed by atoms with E-state index in [9.17, 15) is 18.0 Å². The third-order valence-corrected chi connectivity index (χ3v) is 11.6. The highest BCUT2D eigenvalue weighted by Crippen LogP contribution is 2.44. The average Bonchev–Trinajstić information content (AvgIpc) is 2.83. The Labute approximate surface area is 211 Å². The minimum atomic E-state index is -3.21. The summed E-state index contributed by atoms with van der Waals surface area (Å²) in [7, 11) is 0.0286. The van der Waals surface area contributed by atoms with Gasteiger partial charge >= 0.3 is 6.09 Å². The Morgan fingerprint density at radius 2 is 1.49 bits per heavy atom. The van der Waals surface area contributed by atoms with Crippen LogP contribution >= 0.6 is 0 Å². The van der Waals surface area contributed by atoms with Crippen molar-refractivity contribution in [2.24, 2.45) is 11.8 Å². The van der Waals surface area contributed by atoms with Crippen LogP contribution in [0.4, 0.5) is 4.79 Å². The van der Waals surface area contributed by atoms with E-state index in [0.29, 0.717) is 31.2 Å². The zero-order valence-electron chi connectivity index (χ0n) is 22.0. The first-order chi connectivity index (χ1) is 16.6. The first kappa shape index (κ1) is 26.7. The van der Waals surface area contributed by atoms with Crippen LogP contribution in [0, 0.1) is 11.8 Å². The molecule has 2 amide bonds. The smallest absolute Gasteiger partial charge is 0.410 e. The molecule has 8 nitrogen and oxygen atoms in total. The van der Waals surface area contributed by atoms with Gasteiger partial charge in [-0.2, -0.15) is 0 Å². The molecule has 3 saturated carbocycles. The van der Waals surface area contributed by atoms with Gasteiger partial charge in [-0.15, -0.1) is 0 Å². The molecule has 0 radical (unpaired) electrons. The second-order valence-corrected chi connectivity index (χ2v) is 14.1. The number of sulfonamides is 1. The van der Waals surface area contributed by atoms with E-state index < -0.39 is 10.0 Å². The minimum absolute atomic E-state index is 0.0177. The normalized spacial score (nSPS) is 35.0. The lowest BCUT2D eigenvalue weighted by Gasteiger charge is -2.54. The molecule has 200 valence electrons. The van der Waals surface area contributed by atoms with E-state index in [4.69, 9.17) is 4.74 Å². The molecule has 0 spiro atoms. The lowest BCUT2D eigenvalue weighted by molar-refractivity contribution is -0.143. The average molecular weight is 512 g/mol. The fourth-order valence-corrected chi connectivity index (χ4v) is 8.85. The maximum absolute atomic E-state index is 13.4. The number of amides is 2. The van der Waals surface area contributed by atoms with Gasteiger partial charge in [-0.3, -0.25) is 4.79 Å². The SMILES string of the molecule is CC(=O)N1C2CCC(C3CCC(S(=O)(=O)N(C)C)CC3)CC2N(C(=O)OC2CCCCC2)C[C@@H]1C. The monoisotopic (exact) mass is 511 g/mol. The molecule has 4 atom stereocenters. The first-order valence-electron chi connectivity index (χ1n) is 13.8. The molecule has 0 aromatic carbocycles. The number of piperazine rings is 1. The molecule has 9 heteroatoms. The van der Waals surface area contributed by atoms with Gasteiger partial charge in [-0.1, -0.05) is 6.42 Å². The summed E-state index contributed by atoms with van der Waals surface area (Å²) in [5, 5.41) is -0.282. The molecular formula is C26H45N3O5S. The van der Waals surface area contributed by atoms with Gasteiger partial charge in [0, 0.05) is 33.6 Å². The molecule has 0 aromatic rings. The van der Waals surface area contributed by atoms with Crippen LogP contribution in [-0.4, -0.2) is 84.6 Å². The van der Waals surface area contributed by atoms with Crippen LogP contribution in [0.1, 0.15) is 90.9 Å². The Morgan fingerprint density at radius 3 is 2.09 bits per heavy atom. The predicted octanol–water partition coefficient (Wildman–Crippen LogP) is 4.00. The Morgan fingerprint density at radius 1 is 0.857 bits per heavy atom. The highest BCUT2D eigenvalue weighted by molar-refractivity contribution is 7.89. The van der Waals surface area contributed by atoms with Crippen LogP contribution in [0.5, 0.6) is 0 Å². The van der Waals surface area contributed by atoms with E-state index in [1.54, 1.807) is 21.0 Å². The van der Waals surface area contributed by atoms with Crippen molar-refractivity contribution < 1.29 is 22.7 Å². The van der Waals surface area contributed by atoms with Crippen molar-refractivity contribution in [3.8, 4) is 0 Å². The Bertz CT molecular complexity index is 864. The zero-order valence-corrected chi connectivity index (χ0v) is 22.8. The third kappa shape index (κ3) is 5.65. The van der Waals surface area contributed by atoms with Crippen molar-refractivity contribution in [2.75, 3.05) is 20.6 Å². The topological polar surface area (TPSA) is 87.2 Å². The molecule has 0 bridgehead atoms. The highest BCUT2D eigenvalue weighted by atomic mass is 32.2. The van der Waals surface area contributed by atoms with Gasteiger partial charge in [0.05, 0.1) is 17.3 Å². The number of ether oxygens (including phenoxy) is 1. The van der Waals surface area contributed by atoms with Crippen molar-refractivity contribution in [1.82, 2.24) is 14.1 Å². The molecule has 3 aliphatic carbocycles. The van der Waals surface area contributed by atoms with Crippen LogP contribution in [0.2, 0.25) is 0 Å². The number of rotatable bonds is 4. The van der Waals surface area contributed by atoms with E-state index >= 15 is 0 Å². The van der Waals surface area contributed by atoms with Crippen LogP contribution in [-0.2, 0) is 19.6 Å². The summed E-state index contributed by atoms with van der Waals surface area (Å²) in [5.74, 6) is 1.01. The van der Waals surface area contributed by atoms with Crippen LogP contribution in [0.3, 0.4) is 0 Å². The number of carbonyl (C=O) groups excluding carboxylic acids is 2. The molecule has 4 fully saturated rings. The van der Waals surface area contributed by atoms with Crippen molar-refractivity contribution in [3.05, 3.63) is 0 Å². The quantitative estimate of drug-likeness (QED) is 0.569. The van der Waals surface area contributed by atoms with Gasteiger partial charge in [0.2, 0.25) is 15.9 Å². The molecule has 35 heavy (non-hydrogen) atoms. The van der Waals surface area contributed by atoms with E-state index in [1.165, 1.54) is 10.7 Å². The van der Waals surface area contributed by atoms with Crippen molar-refractivity contribution in [1.29, 1.82) is 0 Å². The highest BCUT2D eigenvalue weighted by Gasteiger charge is 2.48. The number of hydrogen-bond acceptors (Lipinski definition) is 5. The zero-order chi connectivity index (χ0) is 25.3. The summed E-state index contributed by atoms with van der Waals surface area (Å²) in [6, 6.07) is 0.000852. The summed E-state index contributed by atoms with van der Waals surface area (Å²) in [6.45, 7) is 4.20. The van der Waals surface area contributed by atoms with Crippen LogP contribution in [0.15, 0.2) is 0 Å². The number of fused-ring (bicyclic) bond motifs is 1. The fourth-order valence-electron chi connectivity index (χ4n) is 7.39. The summed E-state index contributed by atoms with van der Waals surface area (Å²) >= 11 is 0. The predicted molar refractivity (Wildman–Crippen MR) is 135 cm³/mol. The fraction of sp³-hybridized carbons (Fsp3) is 0.923. The molecular weight excluding hydrogens is 466 g/mol. The summed E-state index contributed by atoms with van der Waals surface area (Å²) in [4.78, 5) is 29.9. The summed E-state index contributed by atoms with van der Waals surface area (Å²) in [6.07, 6.45) is 11.2. The lowest BCUT2D eigenvalue weighted by Crippen LogP contribution is -2.67. The molecule has 0 aromatic heterocycles. The maximum atomic E-state index is 13.4. The maximum Gasteiger partial charge on any atom is 0.410 e. The van der Waals surface area contributed by atoms with Crippen LogP contribution in [0.25, 0.3) is 0 Å². The molecule has 1 heterocycles. The van der Waals surface area contributed by atoms with E-state index in [-0.39, 0.29) is 41.5 Å². The number of hydrogen-bond donors (Lipinski definition) is 0. The minimum Gasteiger partial charge on any atom is -0.446 e. The summed E-state index contributed by atoms with van der Waals surface area (Å²) in [5.41, 5.74) is 0. The molecule has 4 rings (SSSR count). The van der Waals surface area contributed by atoms with E-state index in [1.807, 2.05) is 16.7 Å². The molecule has 0 N–H and O–H groups in total. The molecule has 1 saturated heterocycles. The molecule has 3 unspecified atom stereocenters. The lowest BCUT2D eigenvalue weighted by atomic mass is 9.69. The van der Waals surface area contributed by atoms with Gasteiger partial charge in [0.15, 0.2) is 0 Å². The Balaban J connectivity index is 1.45. The molecule has 1 aliphatic heterocycles. The number of carbonyl (C=O) groups is 2. The van der Waals surface area contributed by atoms with Crippen molar-refractivity contribution in [2.45, 2.75) is 120 Å². The van der Waals surface area contributed by atoms with Crippen molar-refractivity contribution in [3.63, 3.8) is 0 Å². The summed E-state index contributed by atoms with van der Waals surface area (Å²) < 4.78 is 32.5. The Kier molecular flexibility index (Phi) is 8.36. The standard InChI is InChI=1S/C26H45N3O5S/c1-18-17-28(26(31)34-22-8-6-5-7-9-22)25-16-21(12-15-24(25)29(18)19(2)30)20-10-13-23(14-11-20)35(32,33)27(3)4/h18,20-25H,5-17H2,1-4H3/t18-,20?,21?,23?,24?,25?/m0/s1. The van der Waals surface area contributed by atoms with Gasteiger partial charge in [0.25, 0.3) is 0 Å². The Hall–Kier alpha value is -1.35. The van der Waals surface area contributed by atoms with Gasteiger partial charge in [0.1, 0.15) is 6.10 Å². The van der Waals surface area contributed by atoms with Crippen molar-refractivity contribution >= 4 is 22.0 Å². The van der Waals surface area contributed by atoms with Gasteiger partial charge < -0.3 is 14.5 Å². The largest absolute Gasteiger partial charge is 0.446 e. The first-order valence-corrected chi connectivity index (χ1v) is 15.3.